The van der Waals surface area contributed by atoms with Crippen LogP contribution in [-0.2, 0) is 11.3 Å². The number of rotatable bonds is 3. The standard InChI is InChI=1S/C21H21N3O3/c1-14-10-11-24(22-14)17-8-6-15(7-9-17)20(25)23-12-16-4-2-3-5-18(16)19(13-23)21(26)27/h2-9,19H,10-13H2,1H3,(H,26,27). The smallest absolute Gasteiger partial charge is 0.312 e. The van der Waals surface area contributed by atoms with Gasteiger partial charge in [0.15, 0.2) is 0 Å². The third kappa shape index (κ3) is 3.30. The second-order valence-electron chi connectivity index (χ2n) is 7.03. The van der Waals surface area contributed by atoms with Crippen LogP contribution in [0.3, 0.4) is 0 Å². The topological polar surface area (TPSA) is 73.2 Å². The first-order valence-electron chi connectivity index (χ1n) is 9.04. The maximum atomic E-state index is 13.0. The minimum Gasteiger partial charge on any atom is -0.481 e. The summed E-state index contributed by atoms with van der Waals surface area (Å²) in [4.78, 5) is 26.3. The third-order valence-corrected chi connectivity index (χ3v) is 5.17. The van der Waals surface area contributed by atoms with E-state index in [0.717, 1.165) is 35.5 Å². The highest BCUT2D eigenvalue weighted by Crippen LogP contribution is 2.30. The van der Waals surface area contributed by atoms with Gasteiger partial charge in [-0.25, -0.2) is 0 Å². The normalized spacial score (nSPS) is 18.9. The minimum absolute atomic E-state index is 0.150. The Bertz CT molecular complexity index is 921. The van der Waals surface area contributed by atoms with Gasteiger partial charge in [-0.15, -0.1) is 0 Å². The quantitative estimate of drug-likeness (QED) is 0.909. The van der Waals surface area contributed by atoms with Crippen LogP contribution in [0.5, 0.6) is 0 Å². The van der Waals surface area contributed by atoms with E-state index in [1.165, 1.54) is 0 Å². The first kappa shape index (κ1) is 17.3. The van der Waals surface area contributed by atoms with Gasteiger partial charge in [0.2, 0.25) is 0 Å². The Morgan fingerprint density at radius 3 is 2.52 bits per heavy atom. The maximum Gasteiger partial charge on any atom is 0.312 e. The molecule has 6 nitrogen and oxygen atoms in total. The molecule has 1 amide bonds. The lowest BCUT2D eigenvalue weighted by Gasteiger charge is -2.33. The van der Waals surface area contributed by atoms with Crippen molar-refractivity contribution in [3.63, 3.8) is 0 Å². The summed E-state index contributed by atoms with van der Waals surface area (Å²) < 4.78 is 0. The number of nitrogens with zero attached hydrogens (tertiary/aromatic N) is 3. The number of fused-ring (bicyclic) bond motifs is 1. The lowest BCUT2D eigenvalue weighted by molar-refractivity contribution is -0.139. The van der Waals surface area contributed by atoms with Crippen LogP contribution in [0.15, 0.2) is 53.6 Å². The summed E-state index contributed by atoms with van der Waals surface area (Å²) >= 11 is 0. The number of carbonyl (C=O) groups is 2. The Balaban J connectivity index is 1.55. The van der Waals surface area contributed by atoms with Gasteiger partial charge in [0.1, 0.15) is 0 Å². The molecule has 0 aliphatic carbocycles. The molecular weight excluding hydrogens is 342 g/mol. The Labute approximate surface area is 157 Å². The number of hydrogen-bond donors (Lipinski definition) is 1. The molecule has 2 aliphatic rings. The number of aliphatic carboxylic acids is 1. The molecule has 2 heterocycles. The molecule has 1 atom stereocenters. The van der Waals surface area contributed by atoms with Crippen molar-refractivity contribution in [1.82, 2.24) is 4.90 Å². The van der Waals surface area contributed by atoms with Crippen LogP contribution in [0.1, 0.15) is 40.7 Å². The van der Waals surface area contributed by atoms with E-state index in [1.807, 2.05) is 48.3 Å². The number of benzene rings is 2. The van der Waals surface area contributed by atoms with E-state index in [-0.39, 0.29) is 12.5 Å². The zero-order valence-corrected chi connectivity index (χ0v) is 15.1. The largest absolute Gasteiger partial charge is 0.481 e. The molecule has 2 aliphatic heterocycles. The number of carboxylic acids is 1. The van der Waals surface area contributed by atoms with Gasteiger partial charge in [0, 0.05) is 37.3 Å². The van der Waals surface area contributed by atoms with Gasteiger partial charge in [-0.3, -0.25) is 14.6 Å². The van der Waals surface area contributed by atoms with Gasteiger partial charge in [-0.1, -0.05) is 24.3 Å². The van der Waals surface area contributed by atoms with Gasteiger partial charge < -0.3 is 10.0 Å². The number of anilines is 1. The summed E-state index contributed by atoms with van der Waals surface area (Å²) in [7, 11) is 0. The number of carboxylic acid groups (broad SMARTS) is 1. The molecule has 2 aromatic carbocycles. The number of carbonyl (C=O) groups excluding carboxylic acids is 1. The summed E-state index contributed by atoms with van der Waals surface area (Å²) in [5.74, 6) is -1.75. The van der Waals surface area contributed by atoms with Crippen LogP contribution < -0.4 is 5.01 Å². The van der Waals surface area contributed by atoms with Crippen molar-refractivity contribution < 1.29 is 14.7 Å². The molecule has 2 aromatic rings. The second-order valence-corrected chi connectivity index (χ2v) is 7.03. The van der Waals surface area contributed by atoms with Gasteiger partial charge in [-0.05, 0) is 42.3 Å². The van der Waals surface area contributed by atoms with E-state index in [0.29, 0.717) is 12.1 Å². The van der Waals surface area contributed by atoms with E-state index >= 15 is 0 Å². The molecule has 0 fully saturated rings. The highest BCUT2D eigenvalue weighted by molar-refractivity contribution is 5.95. The SMILES string of the molecule is CC1=NN(c2ccc(C(=O)N3Cc4ccccc4C(C(=O)O)C3)cc2)CC1. The van der Waals surface area contributed by atoms with Crippen LogP contribution >= 0.6 is 0 Å². The Hall–Kier alpha value is -3.15. The number of hydrazone groups is 1. The van der Waals surface area contributed by atoms with Crippen molar-refractivity contribution in [2.24, 2.45) is 5.10 Å². The molecule has 138 valence electrons. The van der Waals surface area contributed by atoms with E-state index in [1.54, 1.807) is 17.0 Å². The summed E-state index contributed by atoms with van der Waals surface area (Å²) in [6.07, 6.45) is 0.949. The van der Waals surface area contributed by atoms with Gasteiger partial charge in [0.25, 0.3) is 5.91 Å². The Kier molecular flexibility index (Phi) is 4.39. The van der Waals surface area contributed by atoms with E-state index in [9.17, 15) is 14.7 Å². The fraction of sp³-hybridized carbons (Fsp3) is 0.286. The lowest BCUT2D eigenvalue weighted by Crippen LogP contribution is -2.40. The monoisotopic (exact) mass is 363 g/mol. The van der Waals surface area contributed by atoms with Gasteiger partial charge in [-0.2, -0.15) is 5.10 Å². The van der Waals surface area contributed by atoms with E-state index in [2.05, 4.69) is 5.10 Å². The molecule has 1 N–H and O–H groups in total. The highest BCUT2D eigenvalue weighted by atomic mass is 16.4. The van der Waals surface area contributed by atoms with Crippen molar-refractivity contribution >= 4 is 23.3 Å². The second kappa shape index (κ2) is 6.87. The molecule has 6 heteroatoms. The van der Waals surface area contributed by atoms with E-state index in [4.69, 9.17) is 0 Å². The maximum absolute atomic E-state index is 13.0. The molecule has 27 heavy (non-hydrogen) atoms. The molecule has 0 saturated heterocycles. The minimum atomic E-state index is -0.905. The summed E-state index contributed by atoms with van der Waals surface area (Å²) in [6, 6.07) is 14.8. The molecule has 1 unspecified atom stereocenters. The predicted octanol–water partition coefficient (Wildman–Crippen LogP) is 3.10. The molecule has 0 saturated carbocycles. The van der Waals surface area contributed by atoms with Crippen LogP contribution in [0, 0.1) is 0 Å². The van der Waals surface area contributed by atoms with Crippen molar-refractivity contribution in [2.45, 2.75) is 25.8 Å². The molecule has 4 rings (SSSR count). The van der Waals surface area contributed by atoms with Crippen molar-refractivity contribution in [3.8, 4) is 0 Å². The van der Waals surface area contributed by atoms with Crippen molar-refractivity contribution in [2.75, 3.05) is 18.1 Å². The van der Waals surface area contributed by atoms with Crippen LogP contribution in [0.4, 0.5) is 5.69 Å². The lowest BCUT2D eigenvalue weighted by atomic mass is 9.89. The molecule has 0 spiro atoms. The van der Waals surface area contributed by atoms with Gasteiger partial charge in [0.05, 0.1) is 11.6 Å². The van der Waals surface area contributed by atoms with Crippen LogP contribution in [0.2, 0.25) is 0 Å². The predicted molar refractivity (Wildman–Crippen MR) is 103 cm³/mol. The molecule has 0 bridgehead atoms. The van der Waals surface area contributed by atoms with Gasteiger partial charge >= 0.3 is 5.97 Å². The van der Waals surface area contributed by atoms with Crippen molar-refractivity contribution in [1.29, 1.82) is 0 Å². The first-order valence-corrected chi connectivity index (χ1v) is 9.04. The highest BCUT2D eigenvalue weighted by Gasteiger charge is 2.32. The summed E-state index contributed by atoms with van der Waals surface area (Å²) in [5, 5.41) is 16.0. The number of amides is 1. The molecule has 0 radical (unpaired) electrons. The third-order valence-electron chi connectivity index (χ3n) is 5.17. The average molecular weight is 363 g/mol. The zero-order chi connectivity index (χ0) is 19.0. The fourth-order valence-electron chi connectivity index (χ4n) is 3.69. The summed E-state index contributed by atoms with van der Waals surface area (Å²) in [5.41, 5.74) is 4.30. The van der Waals surface area contributed by atoms with E-state index < -0.39 is 11.9 Å². The fourth-order valence-corrected chi connectivity index (χ4v) is 3.69. The Morgan fingerprint density at radius 2 is 1.85 bits per heavy atom. The molecular formula is C21H21N3O3. The first-order chi connectivity index (χ1) is 13.0. The van der Waals surface area contributed by atoms with Crippen LogP contribution in [0.25, 0.3) is 0 Å². The summed E-state index contributed by atoms with van der Waals surface area (Å²) in [6.45, 7) is 3.46. The Morgan fingerprint density at radius 1 is 1.11 bits per heavy atom. The number of hydrogen-bond acceptors (Lipinski definition) is 4. The zero-order valence-electron chi connectivity index (χ0n) is 15.1. The van der Waals surface area contributed by atoms with Crippen molar-refractivity contribution in [3.05, 3.63) is 65.2 Å². The average Bonchev–Trinajstić information content (AvgIpc) is 3.13. The molecule has 0 aromatic heterocycles. The van der Waals surface area contributed by atoms with Crippen LogP contribution in [-0.4, -0.2) is 40.7 Å².